The molecule has 3 rings (SSSR count). The summed E-state index contributed by atoms with van der Waals surface area (Å²) in [6.07, 6.45) is 0.632. The summed E-state index contributed by atoms with van der Waals surface area (Å²) in [5, 5.41) is 0. The second kappa shape index (κ2) is 7.00. The lowest BCUT2D eigenvalue weighted by Gasteiger charge is -2.24. The lowest BCUT2D eigenvalue weighted by molar-refractivity contribution is -0.122. The Morgan fingerprint density at radius 3 is 2.44 bits per heavy atom. The van der Waals surface area contributed by atoms with Crippen LogP contribution in [0, 0.1) is 13.8 Å². The molecule has 2 aromatic rings. The summed E-state index contributed by atoms with van der Waals surface area (Å²) in [6, 6.07) is 14.4. The Bertz CT molecular complexity index is 817. The van der Waals surface area contributed by atoms with Gasteiger partial charge in [-0.05, 0) is 43.0 Å². The molecule has 5 heteroatoms. The molecule has 130 valence electrons. The first kappa shape index (κ1) is 17.7. The zero-order chi connectivity index (χ0) is 18.1. The van der Waals surface area contributed by atoms with Gasteiger partial charge in [-0.1, -0.05) is 57.9 Å². The van der Waals surface area contributed by atoms with E-state index >= 15 is 0 Å². The van der Waals surface area contributed by atoms with Crippen molar-refractivity contribution in [1.82, 2.24) is 0 Å². The van der Waals surface area contributed by atoms with Gasteiger partial charge < -0.3 is 10.6 Å². The van der Waals surface area contributed by atoms with Crippen LogP contribution < -0.4 is 10.6 Å². The second-order valence-corrected chi connectivity index (χ2v) is 7.72. The number of alkyl halides is 1. The van der Waals surface area contributed by atoms with Gasteiger partial charge >= 0.3 is 0 Å². The van der Waals surface area contributed by atoms with E-state index in [4.69, 9.17) is 5.73 Å². The largest absolute Gasteiger partial charge is 0.368 e. The normalized spacial score (nSPS) is 20.1. The molecule has 0 saturated heterocycles. The predicted molar refractivity (Wildman–Crippen MR) is 103 cm³/mol. The third kappa shape index (κ3) is 3.61. The zero-order valence-electron chi connectivity index (χ0n) is 14.3. The monoisotopic (exact) mass is 400 g/mol. The van der Waals surface area contributed by atoms with Gasteiger partial charge in [0, 0.05) is 11.6 Å². The van der Waals surface area contributed by atoms with Crippen molar-refractivity contribution in [1.29, 1.82) is 0 Å². The molecule has 4 nitrogen and oxygen atoms in total. The number of fused-ring (bicyclic) bond motifs is 1. The molecule has 0 saturated carbocycles. The van der Waals surface area contributed by atoms with Crippen LogP contribution in [0.15, 0.2) is 42.5 Å². The summed E-state index contributed by atoms with van der Waals surface area (Å²) in [7, 11) is 0. The summed E-state index contributed by atoms with van der Waals surface area (Å²) < 4.78 is 0. The second-order valence-electron chi connectivity index (χ2n) is 6.62. The molecule has 0 aliphatic carbocycles. The van der Waals surface area contributed by atoms with Crippen LogP contribution in [-0.2, 0) is 9.59 Å². The van der Waals surface area contributed by atoms with Crippen molar-refractivity contribution in [2.45, 2.75) is 31.0 Å². The number of benzene rings is 2. The van der Waals surface area contributed by atoms with Crippen LogP contribution in [-0.4, -0.2) is 23.2 Å². The summed E-state index contributed by atoms with van der Waals surface area (Å²) >= 11 is 3.52. The molecule has 0 aromatic heterocycles. The molecule has 0 fully saturated rings. The van der Waals surface area contributed by atoms with Crippen LogP contribution in [0.2, 0.25) is 0 Å². The Hall–Kier alpha value is -2.14. The third-order valence-electron chi connectivity index (χ3n) is 4.62. The molecule has 0 radical (unpaired) electrons. The smallest absolute Gasteiger partial charge is 0.241 e. The molecule has 1 aliphatic rings. The van der Waals surface area contributed by atoms with Crippen LogP contribution >= 0.6 is 15.9 Å². The Morgan fingerprint density at radius 2 is 1.80 bits per heavy atom. The predicted octanol–water partition coefficient (Wildman–Crippen LogP) is 3.42. The van der Waals surface area contributed by atoms with Crippen molar-refractivity contribution in [3.05, 3.63) is 64.7 Å². The Balaban J connectivity index is 2.16. The lowest BCUT2D eigenvalue weighted by atomic mass is 9.86. The number of halogens is 1. The van der Waals surface area contributed by atoms with Crippen molar-refractivity contribution >= 4 is 33.4 Å². The number of hydrogen-bond acceptors (Lipinski definition) is 2. The average Bonchev–Trinajstić information content (AvgIpc) is 2.66. The summed E-state index contributed by atoms with van der Waals surface area (Å²) in [5.74, 6) is -0.572. The molecule has 2 atom stereocenters. The fraction of sp³-hybridized carbons (Fsp3) is 0.300. The number of nitrogens with zero attached hydrogens (tertiary/aromatic N) is 1. The van der Waals surface area contributed by atoms with E-state index < -0.39 is 5.91 Å². The first-order valence-electron chi connectivity index (χ1n) is 8.27. The van der Waals surface area contributed by atoms with Gasteiger partial charge in [0.2, 0.25) is 11.8 Å². The van der Waals surface area contributed by atoms with E-state index in [1.54, 1.807) is 0 Å². The van der Waals surface area contributed by atoms with Gasteiger partial charge in [-0.25, -0.2) is 0 Å². The van der Waals surface area contributed by atoms with E-state index in [1.165, 1.54) is 10.5 Å². The van der Waals surface area contributed by atoms with Gasteiger partial charge in [0.05, 0.1) is 4.83 Å². The maximum absolute atomic E-state index is 12.9. The fourth-order valence-electron chi connectivity index (χ4n) is 3.34. The molecule has 25 heavy (non-hydrogen) atoms. The van der Waals surface area contributed by atoms with Crippen molar-refractivity contribution in [3.63, 3.8) is 0 Å². The molecular weight excluding hydrogens is 380 g/mol. The van der Waals surface area contributed by atoms with Crippen LogP contribution in [0.5, 0.6) is 0 Å². The van der Waals surface area contributed by atoms with Crippen molar-refractivity contribution in [2.24, 2.45) is 5.73 Å². The number of anilines is 1. The van der Waals surface area contributed by atoms with Gasteiger partial charge in [-0.15, -0.1) is 0 Å². The summed E-state index contributed by atoms with van der Waals surface area (Å²) in [5.41, 5.74) is 10.6. The molecule has 1 aliphatic heterocycles. The quantitative estimate of drug-likeness (QED) is 0.802. The molecule has 2 unspecified atom stereocenters. The van der Waals surface area contributed by atoms with Gasteiger partial charge in [-0.3, -0.25) is 9.59 Å². The van der Waals surface area contributed by atoms with E-state index in [-0.39, 0.29) is 23.2 Å². The number of nitrogens with two attached hydrogens (primary N) is 1. The molecule has 0 spiro atoms. The Morgan fingerprint density at radius 1 is 1.16 bits per heavy atom. The highest BCUT2D eigenvalue weighted by molar-refractivity contribution is 9.10. The van der Waals surface area contributed by atoms with Crippen molar-refractivity contribution in [2.75, 3.05) is 11.4 Å². The molecule has 2 amide bonds. The van der Waals surface area contributed by atoms with Crippen molar-refractivity contribution < 1.29 is 9.59 Å². The van der Waals surface area contributed by atoms with Crippen molar-refractivity contribution in [3.8, 4) is 0 Å². The van der Waals surface area contributed by atoms with E-state index in [0.717, 1.165) is 22.4 Å². The van der Waals surface area contributed by atoms with Crippen LogP contribution in [0.1, 0.15) is 34.6 Å². The average molecular weight is 401 g/mol. The fourth-order valence-corrected chi connectivity index (χ4v) is 3.96. The van der Waals surface area contributed by atoms with E-state index in [9.17, 15) is 9.59 Å². The number of aryl methyl sites for hydroxylation is 2. The summed E-state index contributed by atoms with van der Waals surface area (Å²) in [6.45, 7) is 3.92. The number of carbonyl (C=O) groups is 2. The highest BCUT2D eigenvalue weighted by Gasteiger charge is 2.35. The van der Waals surface area contributed by atoms with Crippen LogP contribution in [0.3, 0.4) is 0 Å². The standard InChI is InChI=1S/C20H21BrN2O2/c1-12-3-6-14(7-4-12)16-10-17(21)20(25)23(11-19(22)24)18-9-13(2)5-8-15(16)18/h3-9,16-17H,10-11H2,1-2H3,(H2,22,24). The first-order valence-corrected chi connectivity index (χ1v) is 9.19. The molecule has 2 N–H and O–H groups in total. The maximum Gasteiger partial charge on any atom is 0.241 e. The minimum Gasteiger partial charge on any atom is -0.368 e. The first-order chi connectivity index (χ1) is 11.9. The number of amides is 2. The molecule has 0 bridgehead atoms. The Kier molecular flexibility index (Phi) is 4.95. The van der Waals surface area contributed by atoms with Crippen LogP contribution in [0.25, 0.3) is 0 Å². The van der Waals surface area contributed by atoms with Gasteiger partial charge in [0.15, 0.2) is 0 Å². The third-order valence-corrected chi connectivity index (χ3v) is 5.39. The summed E-state index contributed by atoms with van der Waals surface area (Å²) in [4.78, 5) is 25.5. The lowest BCUT2D eigenvalue weighted by Crippen LogP contribution is -2.41. The molecule has 1 heterocycles. The van der Waals surface area contributed by atoms with Gasteiger partial charge in [-0.2, -0.15) is 0 Å². The topological polar surface area (TPSA) is 63.4 Å². The SMILES string of the molecule is Cc1ccc(C2CC(Br)C(=O)N(CC(N)=O)c3cc(C)ccc32)cc1. The van der Waals surface area contributed by atoms with Gasteiger partial charge in [0.25, 0.3) is 0 Å². The number of rotatable bonds is 3. The van der Waals surface area contributed by atoms with E-state index in [2.05, 4.69) is 53.2 Å². The molecular formula is C20H21BrN2O2. The van der Waals surface area contributed by atoms with E-state index in [0.29, 0.717) is 6.42 Å². The molecule has 2 aromatic carbocycles. The minimum atomic E-state index is -0.519. The van der Waals surface area contributed by atoms with Crippen LogP contribution in [0.4, 0.5) is 5.69 Å². The van der Waals surface area contributed by atoms with E-state index in [1.807, 2.05) is 19.1 Å². The highest BCUT2D eigenvalue weighted by Crippen LogP contribution is 2.41. The number of carbonyl (C=O) groups excluding carboxylic acids is 2. The highest BCUT2D eigenvalue weighted by atomic mass is 79.9. The minimum absolute atomic E-state index is 0.0717. The number of primary amides is 1. The Labute approximate surface area is 156 Å². The van der Waals surface area contributed by atoms with Gasteiger partial charge in [0.1, 0.15) is 6.54 Å². The zero-order valence-corrected chi connectivity index (χ0v) is 15.9. The maximum atomic E-state index is 12.9. The number of hydrogen-bond donors (Lipinski definition) is 1.